The first-order valence-electron chi connectivity index (χ1n) is 6.61. The van der Waals surface area contributed by atoms with E-state index in [1.165, 1.54) is 7.11 Å². The van der Waals surface area contributed by atoms with Crippen molar-refractivity contribution >= 4 is 0 Å². The van der Waals surface area contributed by atoms with Crippen molar-refractivity contribution in [1.29, 1.82) is 0 Å². The summed E-state index contributed by atoms with van der Waals surface area (Å²) in [5.41, 5.74) is 0.644. The molecule has 0 radical (unpaired) electrons. The van der Waals surface area contributed by atoms with Crippen LogP contribution in [-0.2, 0) is 6.54 Å². The number of aliphatic hydroxyl groups is 1. The largest absolute Gasteiger partial charge is 0.493 e. The molecule has 20 heavy (non-hydrogen) atoms. The van der Waals surface area contributed by atoms with E-state index in [9.17, 15) is 13.9 Å². The molecule has 6 heteroatoms. The first-order valence-corrected chi connectivity index (χ1v) is 6.61. The quantitative estimate of drug-likeness (QED) is 0.871. The van der Waals surface area contributed by atoms with Crippen LogP contribution < -0.4 is 9.47 Å². The predicted octanol–water partition coefficient (Wildman–Crippen LogP) is 2.25. The van der Waals surface area contributed by atoms with Gasteiger partial charge in [-0.2, -0.15) is 8.78 Å². The molecule has 1 aliphatic rings. The van der Waals surface area contributed by atoms with Crippen molar-refractivity contribution in [2.75, 3.05) is 20.3 Å². The molecule has 1 aromatic rings. The number of alkyl halides is 2. The van der Waals surface area contributed by atoms with Crippen molar-refractivity contribution in [1.82, 2.24) is 4.90 Å². The molecule has 1 N–H and O–H groups in total. The van der Waals surface area contributed by atoms with Crippen molar-refractivity contribution in [3.63, 3.8) is 0 Å². The van der Waals surface area contributed by atoms with E-state index in [0.717, 1.165) is 19.4 Å². The monoisotopic (exact) mass is 287 g/mol. The maximum Gasteiger partial charge on any atom is 0.387 e. The fourth-order valence-electron chi connectivity index (χ4n) is 2.60. The number of hydrogen-bond acceptors (Lipinski definition) is 4. The molecule has 1 unspecified atom stereocenters. The van der Waals surface area contributed by atoms with Crippen molar-refractivity contribution in [2.24, 2.45) is 0 Å². The van der Waals surface area contributed by atoms with Crippen LogP contribution in [0.4, 0.5) is 8.78 Å². The van der Waals surface area contributed by atoms with Gasteiger partial charge >= 0.3 is 6.61 Å². The van der Waals surface area contributed by atoms with Crippen LogP contribution in [0.3, 0.4) is 0 Å². The van der Waals surface area contributed by atoms with E-state index in [4.69, 9.17) is 4.74 Å². The van der Waals surface area contributed by atoms with Gasteiger partial charge in [0.1, 0.15) is 0 Å². The summed E-state index contributed by atoms with van der Waals surface area (Å²) in [6.07, 6.45) is 1.92. The lowest BCUT2D eigenvalue weighted by Crippen LogP contribution is -2.31. The zero-order chi connectivity index (χ0) is 14.5. The minimum absolute atomic E-state index is 0.0774. The molecule has 1 aromatic carbocycles. The molecule has 4 nitrogen and oxygen atoms in total. The van der Waals surface area contributed by atoms with Gasteiger partial charge < -0.3 is 14.6 Å². The lowest BCUT2D eigenvalue weighted by Gasteiger charge is -2.24. The van der Waals surface area contributed by atoms with Gasteiger partial charge in [0, 0.05) is 18.2 Å². The highest BCUT2D eigenvalue weighted by molar-refractivity contribution is 5.46. The van der Waals surface area contributed by atoms with E-state index in [-0.39, 0.29) is 18.4 Å². The third-order valence-electron chi connectivity index (χ3n) is 3.57. The normalized spacial score (nSPS) is 19.6. The second-order valence-electron chi connectivity index (χ2n) is 4.78. The lowest BCUT2D eigenvalue weighted by molar-refractivity contribution is -0.0522. The van der Waals surface area contributed by atoms with Gasteiger partial charge in [-0.25, -0.2) is 0 Å². The second kappa shape index (κ2) is 6.85. The summed E-state index contributed by atoms with van der Waals surface area (Å²) in [6, 6.07) is 5.17. The first kappa shape index (κ1) is 15.0. The molecule has 1 atom stereocenters. The smallest absolute Gasteiger partial charge is 0.387 e. The van der Waals surface area contributed by atoms with Gasteiger partial charge in [0.05, 0.1) is 13.7 Å². The minimum atomic E-state index is -2.89. The summed E-state index contributed by atoms with van der Waals surface area (Å²) in [6.45, 7) is -1.51. The van der Waals surface area contributed by atoms with Gasteiger partial charge in [-0.15, -0.1) is 0 Å². The molecule has 112 valence electrons. The molecule has 1 saturated heterocycles. The standard InChI is InChI=1S/C14H19F2NO3/c1-19-12-6-2-4-10(13(12)20-14(15)16)8-17-7-3-5-11(17)9-18/h2,4,6,11,14,18H,3,5,7-9H2,1H3. The number of halogens is 2. The highest BCUT2D eigenvalue weighted by Gasteiger charge is 2.25. The van der Waals surface area contributed by atoms with Gasteiger partial charge in [0.25, 0.3) is 0 Å². The number of methoxy groups -OCH3 is 1. The van der Waals surface area contributed by atoms with Crippen LogP contribution in [-0.4, -0.2) is 42.9 Å². The Kier molecular flexibility index (Phi) is 5.14. The molecule has 0 aliphatic carbocycles. The maximum absolute atomic E-state index is 12.5. The Balaban J connectivity index is 2.21. The highest BCUT2D eigenvalue weighted by Crippen LogP contribution is 2.34. The Labute approximate surface area is 116 Å². The Morgan fingerprint density at radius 2 is 2.25 bits per heavy atom. The molecule has 0 bridgehead atoms. The fourth-order valence-corrected chi connectivity index (χ4v) is 2.60. The zero-order valence-electron chi connectivity index (χ0n) is 11.4. The molecule has 0 saturated carbocycles. The van der Waals surface area contributed by atoms with Crippen LogP contribution in [0.15, 0.2) is 18.2 Å². The highest BCUT2D eigenvalue weighted by atomic mass is 19.3. The number of hydrogen-bond donors (Lipinski definition) is 1. The molecule has 0 spiro atoms. The average Bonchev–Trinajstić information content (AvgIpc) is 2.87. The van der Waals surface area contributed by atoms with Crippen molar-refractivity contribution in [3.8, 4) is 11.5 Å². The Bertz CT molecular complexity index is 442. The van der Waals surface area contributed by atoms with Crippen LogP contribution in [0.5, 0.6) is 11.5 Å². The van der Waals surface area contributed by atoms with Gasteiger partial charge in [-0.3, -0.25) is 4.90 Å². The number of para-hydroxylation sites is 1. The SMILES string of the molecule is COc1cccc(CN2CCCC2CO)c1OC(F)F. The molecular weight excluding hydrogens is 268 g/mol. The third-order valence-corrected chi connectivity index (χ3v) is 3.57. The Hall–Kier alpha value is -1.40. The molecule has 0 aromatic heterocycles. The van der Waals surface area contributed by atoms with E-state index >= 15 is 0 Å². The molecule has 2 rings (SSSR count). The summed E-state index contributed by atoms with van der Waals surface area (Å²) in [7, 11) is 1.42. The van der Waals surface area contributed by atoms with E-state index in [2.05, 4.69) is 9.64 Å². The summed E-state index contributed by atoms with van der Waals surface area (Å²) in [4.78, 5) is 2.08. The van der Waals surface area contributed by atoms with E-state index in [1.807, 2.05) is 0 Å². The van der Waals surface area contributed by atoms with Crippen LogP contribution in [0.2, 0.25) is 0 Å². The number of nitrogens with zero attached hydrogens (tertiary/aromatic N) is 1. The van der Waals surface area contributed by atoms with Crippen LogP contribution >= 0.6 is 0 Å². The zero-order valence-corrected chi connectivity index (χ0v) is 11.4. The molecule has 1 heterocycles. The Morgan fingerprint density at radius 3 is 2.90 bits per heavy atom. The summed E-state index contributed by atoms with van der Waals surface area (Å²) in [5.74, 6) is 0.371. The van der Waals surface area contributed by atoms with E-state index in [1.54, 1.807) is 18.2 Å². The van der Waals surface area contributed by atoms with Crippen molar-refractivity contribution in [2.45, 2.75) is 32.0 Å². The molecule has 1 aliphatic heterocycles. The number of ether oxygens (including phenoxy) is 2. The summed E-state index contributed by atoms with van der Waals surface area (Å²) in [5, 5.41) is 9.31. The van der Waals surface area contributed by atoms with Crippen molar-refractivity contribution in [3.05, 3.63) is 23.8 Å². The van der Waals surface area contributed by atoms with Crippen LogP contribution in [0.1, 0.15) is 18.4 Å². The van der Waals surface area contributed by atoms with Crippen molar-refractivity contribution < 1.29 is 23.4 Å². The number of rotatable bonds is 6. The fraction of sp³-hybridized carbons (Fsp3) is 0.571. The minimum Gasteiger partial charge on any atom is -0.493 e. The number of benzene rings is 1. The van der Waals surface area contributed by atoms with Gasteiger partial charge in [0.2, 0.25) is 0 Å². The molecular formula is C14H19F2NO3. The second-order valence-corrected chi connectivity index (χ2v) is 4.78. The van der Waals surface area contributed by atoms with E-state index < -0.39 is 6.61 Å². The van der Waals surface area contributed by atoms with E-state index in [0.29, 0.717) is 17.9 Å². The van der Waals surface area contributed by atoms with Gasteiger partial charge in [-0.05, 0) is 25.5 Å². The van der Waals surface area contributed by atoms with Crippen LogP contribution in [0.25, 0.3) is 0 Å². The third kappa shape index (κ3) is 3.37. The Morgan fingerprint density at radius 1 is 1.45 bits per heavy atom. The number of aliphatic hydroxyl groups excluding tert-OH is 1. The summed E-state index contributed by atoms with van der Waals surface area (Å²) < 4.78 is 34.8. The maximum atomic E-state index is 12.5. The average molecular weight is 287 g/mol. The predicted molar refractivity (Wildman–Crippen MR) is 70.1 cm³/mol. The summed E-state index contributed by atoms with van der Waals surface area (Å²) >= 11 is 0. The molecule has 0 amide bonds. The van der Waals surface area contributed by atoms with Gasteiger partial charge in [-0.1, -0.05) is 12.1 Å². The number of likely N-dealkylation sites (tertiary alicyclic amines) is 1. The first-order chi connectivity index (χ1) is 9.65. The van der Waals surface area contributed by atoms with Crippen LogP contribution in [0, 0.1) is 0 Å². The lowest BCUT2D eigenvalue weighted by atomic mass is 10.1. The molecule has 1 fully saturated rings. The topological polar surface area (TPSA) is 41.9 Å². The van der Waals surface area contributed by atoms with Gasteiger partial charge in [0.15, 0.2) is 11.5 Å².